The van der Waals surface area contributed by atoms with Gasteiger partial charge in [-0.3, -0.25) is 9.69 Å². The van der Waals surface area contributed by atoms with E-state index in [9.17, 15) is 4.79 Å². The highest BCUT2D eigenvalue weighted by Gasteiger charge is 2.30. The molecule has 1 aromatic heterocycles. The van der Waals surface area contributed by atoms with Crippen LogP contribution < -0.4 is 4.74 Å². The molecule has 1 fully saturated rings. The van der Waals surface area contributed by atoms with E-state index in [1.54, 1.807) is 25.4 Å². The first-order valence-electron chi connectivity index (χ1n) is 8.11. The van der Waals surface area contributed by atoms with Gasteiger partial charge in [0.05, 0.1) is 23.9 Å². The van der Waals surface area contributed by atoms with Gasteiger partial charge in [0, 0.05) is 38.5 Å². The van der Waals surface area contributed by atoms with Crippen molar-refractivity contribution in [1.82, 2.24) is 14.8 Å². The fourth-order valence-corrected chi connectivity index (χ4v) is 3.79. The van der Waals surface area contributed by atoms with Crippen LogP contribution in [0, 0.1) is 6.92 Å². The number of thiazole rings is 1. The monoisotopic (exact) mass is 345 g/mol. The molecule has 3 rings (SSSR count). The number of hydrogen-bond acceptors (Lipinski definition) is 5. The Morgan fingerprint density at radius 1 is 1.33 bits per heavy atom. The lowest BCUT2D eigenvalue weighted by Gasteiger charge is -2.41. The van der Waals surface area contributed by atoms with Gasteiger partial charge in [-0.2, -0.15) is 0 Å². The average Bonchev–Trinajstić information content (AvgIpc) is 2.99. The first-order chi connectivity index (χ1) is 11.6. The Bertz CT molecular complexity index is 699. The summed E-state index contributed by atoms with van der Waals surface area (Å²) in [5.41, 5.74) is 2.26. The second-order valence-electron chi connectivity index (χ2n) is 6.09. The molecule has 2 aromatic rings. The summed E-state index contributed by atoms with van der Waals surface area (Å²) in [5, 5.41) is 3.22. The number of carbonyl (C=O) groups is 1. The molecule has 1 saturated heterocycles. The molecular weight excluding hydrogens is 322 g/mol. The SMILES string of the molecule is COc1ccc([C@@H]2CN(Cc3csc(C)n3)CCN2C(C)=O)cc1. The molecule has 0 bridgehead atoms. The molecule has 0 unspecified atom stereocenters. The van der Waals surface area contributed by atoms with Crippen molar-refractivity contribution in [1.29, 1.82) is 0 Å². The minimum absolute atomic E-state index is 0.0712. The molecule has 24 heavy (non-hydrogen) atoms. The third kappa shape index (κ3) is 3.76. The second-order valence-corrected chi connectivity index (χ2v) is 7.16. The van der Waals surface area contributed by atoms with Crippen molar-refractivity contribution in [2.24, 2.45) is 0 Å². The van der Waals surface area contributed by atoms with Gasteiger partial charge in [0.1, 0.15) is 5.75 Å². The van der Waals surface area contributed by atoms with E-state index in [1.165, 1.54) is 0 Å². The second kappa shape index (κ2) is 7.32. The lowest BCUT2D eigenvalue weighted by Crippen LogP contribution is -2.49. The normalized spacial score (nSPS) is 18.6. The van der Waals surface area contributed by atoms with Gasteiger partial charge in [0.15, 0.2) is 0 Å². The van der Waals surface area contributed by atoms with Gasteiger partial charge < -0.3 is 9.64 Å². The fourth-order valence-electron chi connectivity index (χ4n) is 3.18. The zero-order valence-electron chi connectivity index (χ0n) is 14.4. The van der Waals surface area contributed by atoms with Crippen molar-refractivity contribution in [3.8, 4) is 5.75 Å². The number of hydrogen-bond donors (Lipinski definition) is 0. The van der Waals surface area contributed by atoms with Crippen molar-refractivity contribution in [3.63, 3.8) is 0 Å². The number of rotatable bonds is 4. The third-order valence-electron chi connectivity index (χ3n) is 4.42. The number of methoxy groups -OCH3 is 1. The number of carbonyl (C=O) groups excluding carboxylic acids is 1. The van der Waals surface area contributed by atoms with Gasteiger partial charge >= 0.3 is 0 Å². The molecular formula is C18H23N3O2S. The molecule has 128 valence electrons. The van der Waals surface area contributed by atoms with Crippen LogP contribution in [0.5, 0.6) is 5.75 Å². The van der Waals surface area contributed by atoms with Crippen LogP contribution in [0.25, 0.3) is 0 Å². The van der Waals surface area contributed by atoms with Crippen LogP contribution in [0.15, 0.2) is 29.6 Å². The molecule has 1 aromatic carbocycles. The Labute approximate surface area is 146 Å². The molecule has 6 heteroatoms. The highest BCUT2D eigenvalue weighted by Crippen LogP contribution is 2.28. The minimum atomic E-state index is 0.0712. The van der Waals surface area contributed by atoms with E-state index in [0.29, 0.717) is 0 Å². The van der Waals surface area contributed by atoms with Crippen molar-refractivity contribution >= 4 is 17.2 Å². The Morgan fingerprint density at radius 3 is 2.67 bits per heavy atom. The summed E-state index contributed by atoms with van der Waals surface area (Å²) >= 11 is 1.68. The number of nitrogens with zero attached hydrogens (tertiary/aromatic N) is 3. The Kier molecular flexibility index (Phi) is 5.16. The van der Waals surface area contributed by atoms with Crippen molar-refractivity contribution in [3.05, 3.63) is 45.9 Å². The quantitative estimate of drug-likeness (QED) is 0.855. The number of benzene rings is 1. The van der Waals surface area contributed by atoms with E-state index >= 15 is 0 Å². The summed E-state index contributed by atoms with van der Waals surface area (Å²) in [6, 6.07) is 8.08. The summed E-state index contributed by atoms with van der Waals surface area (Å²) in [4.78, 5) is 20.9. The molecule has 1 aliphatic heterocycles. The molecule has 1 atom stereocenters. The minimum Gasteiger partial charge on any atom is -0.497 e. The molecule has 2 heterocycles. The van der Waals surface area contributed by atoms with E-state index in [0.717, 1.165) is 48.2 Å². The smallest absolute Gasteiger partial charge is 0.220 e. The van der Waals surface area contributed by atoms with Gasteiger partial charge in [-0.05, 0) is 24.6 Å². The summed E-state index contributed by atoms with van der Waals surface area (Å²) < 4.78 is 5.24. The first-order valence-corrected chi connectivity index (χ1v) is 8.99. The van der Waals surface area contributed by atoms with E-state index in [1.807, 2.05) is 24.0 Å². The van der Waals surface area contributed by atoms with Gasteiger partial charge in [0.25, 0.3) is 0 Å². The standard InChI is InChI=1S/C18H23N3O2S/c1-13-19-16(12-24-13)10-20-8-9-21(14(2)22)18(11-20)15-4-6-17(23-3)7-5-15/h4-7,12,18H,8-11H2,1-3H3/t18-/m0/s1. The predicted octanol–water partition coefficient (Wildman–Crippen LogP) is 2.87. The Balaban J connectivity index is 1.77. The van der Waals surface area contributed by atoms with E-state index in [4.69, 9.17) is 4.74 Å². The average molecular weight is 345 g/mol. The van der Waals surface area contributed by atoms with Gasteiger partial charge in [0.2, 0.25) is 5.91 Å². The molecule has 5 nitrogen and oxygen atoms in total. The zero-order chi connectivity index (χ0) is 17.1. The van der Waals surface area contributed by atoms with Crippen LogP contribution in [-0.2, 0) is 11.3 Å². The van der Waals surface area contributed by atoms with Crippen molar-refractivity contribution in [2.45, 2.75) is 26.4 Å². The number of amides is 1. The number of piperazine rings is 1. The van der Waals surface area contributed by atoms with E-state index in [-0.39, 0.29) is 11.9 Å². The molecule has 1 amide bonds. The van der Waals surface area contributed by atoms with Gasteiger partial charge in [-0.15, -0.1) is 11.3 Å². The topological polar surface area (TPSA) is 45.7 Å². The summed E-state index contributed by atoms with van der Waals surface area (Å²) in [6.45, 7) is 6.96. The summed E-state index contributed by atoms with van der Waals surface area (Å²) in [5.74, 6) is 0.957. The van der Waals surface area contributed by atoms with Crippen LogP contribution in [0.3, 0.4) is 0 Å². The predicted molar refractivity (Wildman–Crippen MR) is 95.3 cm³/mol. The summed E-state index contributed by atoms with van der Waals surface area (Å²) in [6.07, 6.45) is 0. The van der Waals surface area contributed by atoms with Crippen LogP contribution in [-0.4, -0.2) is 47.4 Å². The van der Waals surface area contributed by atoms with Crippen LogP contribution in [0.2, 0.25) is 0 Å². The maximum Gasteiger partial charge on any atom is 0.220 e. The summed E-state index contributed by atoms with van der Waals surface area (Å²) in [7, 11) is 1.66. The van der Waals surface area contributed by atoms with Crippen LogP contribution in [0.4, 0.5) is 0 Å². The third-order valence-corrected chi connectivity index (χ3v) is 5.24. The van der Waals surface area contributed by atoms with Crippen LogP contribution in [0.1, 0.15) is 29.2 Å². The molecule has 0 aliphatic carbocycles. The zero-order valence-corrected chi connectivity index (χ0v) is 15.2. The molecule has 0 radical (unpaired) electrons. The van der Waals surface area contributed by atoms with Crippen LogP contribution >= 0.6 is 11.3 Å². The number of aromatic nitrogens is 1. The fraction of sp³-hybridized carbons (Fsp3) is 0.444. The van der Waals surface area contributed by atoms with Gasteiger partial charge in [-0.25, -0.2) is 4.98 Å². The van der Waals surface area contributed by atoms with Crippen molar-refractivity contribution in [2.75, 3.05) is 26.7 Å². The largest absolute Gasteiger partial charge is 0.497 e. The molecule has 0 saturated carbocycles. The molecule has 0 spiro atoms. The Morgan fingerprint density at radius 2 is 2.08 bits per heavy atom. The number of aryl methyl sites for hydroxylation is 1. The first kappa shape index (κ1) is 16.9. The molecule has 1 aliphatic rings. The Hall–Kier alpha value is -1.92. The maximum absolute atomic E-state index is 12.0. The van der Waals surface area contributed by atoms with Crippen molar-refractivity contribution < 1.29 is 9.53 Å². The highest BCUT2D eigenvalue weighted by molar-refractivity contribution is 7.09. The van der Waals surface area contributed by atoms with E-state index < -0.39 is 0 Å². The highest BCUT2D eigenvalue weighted by atomic mass is 32.1. The number of ether oxygens (including phenoxy) is 1. The van der Waals surface area contributed by atoms with Gasteiger partial charge in [-0.1, -0.05) is 12.1 Å². The molecule has 0 N–H and O–H groups in total. The maximum atomic E-state index is 12.0. The lowest BCUT2D eigenvalue weighted by molar-refractivity contribution is -0.134. The van der Waals surface area contributed by atoms with E-state index in [2.05, 4.69) is 27.4 Å². The lowest BCUT2D eigenvalue weighted by atomic mass is 10.0.